The lowest BCUT2D eigenvalue weighted by atomic mass is 10.1. The molecule has 3 aromatic rings. The first kappa shape index (κ1) is 14.5. The molecule has 0 amide bonds. The summed E-state index contributed by atoms with van der Waals surface area (Å²) in [7, 11) is 0. The van der Waals surface area contributed by atoms with E-state index >= 15 is 0 Å². The summed E-state index contributed by atoms with van der Waals surface area (Å²) in [6.07, 6.45) is 0. The van der Waals surface area contributed by atoms with Crippen LogP contribution in [0.5, 0.6) is 0 Å². The van der Waals surface area contributed by atoms with Gasteiger partial charge in [0.05, 0.1) is 11.4 Å². The highest BCUT2D eigenvalue weighted by Gasteiger charge is 2.18. The fourth-order valence-corrected chi connectivity index (χ4v) is 3.95. The lowest BCUT2D eigenvalue weighted by Crippen LogP contribution is -2.05. The molecule has 0 aliphatic heterocycles. The molecule has 0 saturated carbocycles. The van der Waals surface area contributed by atoms with Gasteiger partial charge in [-0.2, -0.15) is 5.10 Å². The van der Waals surface area contributed by atoms with E-state index in [1.165, 1.54) is 11.1 Å². The van der Waals surface area contributed by atoms with Crippen molar-refractivity contribution < 1.29 is 0 Å². The molecule has 110 valence electrons. The van der Waals surface area contributed by atoms with Gasteiger partial charge in [0.25, 0.3) is 0 Å². The van der Waals surface area contributed by atoms with E-state index < -0.39 is 0 Å². The van der Waals surface area contributed by atoms with Crippen molar-refractivity contribution in [2.45, 2.75) is 34.2 Å². The largest absolute Gasteiger partial charge is 0.327 e. The second-order valence-corrected chi connectivity index (χ2v) is 6.52. The number of halogens is 1. The van der Waals surface area contributed by atoms with Crippen molar-refractivity contribution in [3.05, 3.63) is 38.2 Å². The van der Waals surface area contributed by atoms with Gasteiger partial charge in [-0.3, -0.25) is 4.57 Å². The first-order chi connectivity index (χ1) is 9.93. The number of nitrogens with zero attached hydrogens (tertiary/aromatic N) is 3. The Balaban J connectivity index is 2.46. The molecule has 0 unspecified atom stereocenters. The third-order valence-corrected chi connectivity index (χ3v) is 4.56. The van der Waals surface area contributed by atoms with Crippen LogP contribution < -0.4 is 0 Å². The van der Waals surface area contributed by atoms with E-state index in [9.17, 15) is 0 Å². The Kier molecular flexibility index (Phi) is 3.53. The average molecular weight is 365 g/mol. The zero-order chi connectivity index (χ0) is 15.3. The summed E-state index contributed by atoms with van der Waals surface area (Å²) in [5.74, 6) is 0. The summed E-state index contributed by atoms with van der Waals surface area (Å²) in [6, 6.07) is 4.28. The number of hydrogen-bond acceptors (Lipinski definition) is 2. The molecular formula is C15H17BrN4S. The number of nitrogens with one attached hydrogen (secondary N) is 1. The van der Waals surface area contributed by atoms with Gasteiger partial charge in [0.15, 0.2) is 10.4 Å². The van der Waals surface area contributed by atoms with Gasteiger partial charge < -0.3 is 4.98 Å². The number of rotatable bonds is 2. The Labute approximate surface area is 136 Å². The van der Waals surface area contributed by atoms with E-state index in [2.05, 4.69) is 63.5 Å². The van der Waals surface area contributed by atoms with Crippen LogP contribution in [0, 0.1) is 25.5 Å². The monoisotopic (exact) mass is 364 g/mol. The molecule has 2 heterocycles. The second-order valence-electron chi connectivity index (χ2n) is 5.28. The molecule has 21 heavy (non-hydrogen) atoms. The highest BCUT2D eigenvalue weighted by Crippen LogP contribution is 2.30. The third kappa shape index (κ3) is 2.17. The summed E-state index contributed by atoms with van der Waals surface area (Å²) in [6.45, 7) is 9.09. The van der Waals surface area contributed by atoms with Crippen molar-refractivity contribution in [3.63, 3.8) is 0 Å². The molecule has 0 radical (unpaired) electrons. The van der Waals surface area contributed by atoms with Crippen molar-refractivity contribution in [1.82, 2.24) is 19.3 Å². The van der Waals surface area contributed by atoms with Crippen LogP contribution in [0.3, 0.4) is 0 Å². The van der Waals surface area contributed by atoms with Gasteiger partial charge in [-0.05, 0) is 73.0 Å². The molecule has 1 aromatic carbocycles. The van der Waals surface area contributed by atoms with Crippen molar-refractivity contribution >= 4 is 39.3 Å². The minimum absolute atomic E-state index is 0.695. The molecule has 4 nitrogen and oxygen atoms in total. The molecule has 0 spiro atoms. The van der Waals surface area contributed by atoms with Crippen molar-refractivity contribution in [2.24, 2.45) is 0 Å². The number of imidazole rings is 1. The standard InChI is InChI=1S/C15H17BrN4S/c1-5-19-14-12(10(4)18-19)17-15(21)20(14)13-9(3)6-8(2)7-11(13)16/h6-7H,5H2,1-4H3,(H,17,21). The summed E-state index contributed by atoms with van der Waals surface area (Å²) in [4.78, 5) is 3.29. The lowest BCUT2D eigenvalue weighted by Gasteiger charge is -2.12. The van der Waals surface area contributed by atoms with Crippen LogP contribution in [0.4, 0.5) is 0 Å². The molecule has 2 aromatic heterocycles. The summed E-state index contributed by atoms with van der Waals surface area (Å²) < 4.78 is 5.80. The van der Waals surface area contributed by atoms with Crippen LogP contribution in [-0.4, -0.2) is 19.3 Å². The lowest BCUT2D eigenvalue weighted by molar-refractivity contribution is 0.661. The summed E-state index contributed by atoms with van der Waals surface area (Å²) in [5, 5.41) is 4.58. The zero-order valence-electron chi connectivity index (χ0n) is 12.5. The van der Waals surface area contributed by atoms with Gasteiger partial charge >= 0.3 is 0 Å². The van der Waals surface area contributed by atoms with Crippen LogP contribution in [0.2, 0.25) is 0 Å². The van der Waals surface area contributed by atoms with Crippen molar-refractivity contribution in [1.29, 1.82) is 0 Å². The van der Waals surface area contributed by atoms with Gasteiger partial charge in [-0.25, -0.2) is 4.68 Å². The minimum atomic E-state index is 0.695. The van der Waals surface area contributed by atoms with E-state index in [1.807, 2.05) is 11.6 Å². The topological polar surface area (TPSA) is 38.5 Å². The number of benzene rings is 1. The molecular weight excluding hydrogens is 348 g/mol. The molecule has 0 fully saturated rings. The van der Waals surface area contributed by atoms with Crippen LogP contribution in [0.25, 0.3) is 16.9 Å². The quantitative estimate of drug-likeness (QED) is 0.675. The Morgan fingerprint density at radius 3 is 2.62 bits per heavy atom. The number of H-pyrrole nitrogens is 1. The maximum Gasteiger partial charge on any atom is 0.184 e. The Hall–Kier alpha value is -1.40. The van der Waals surface area contributed by atoms with E-state index in [0.717, 1.165) is 33.6 Å². The SMILES string of the molecule is CCn1nc(C)c2[nH]c(=S)n(-c3c(C)cc(C)cc3Br)c21. The average Bonchev–Trinajstić information content (AvgIpc) is 2.87. The van der Waals surface area contributed by atoms with Crippen molar-refractivity contribution in [3.8, 4) is 5.69 Å². The fraction of sp³-hybridized carbons (Fsp3) is 0.333. The van der Waals surface area contributed by atoms with Gasteiger partial charge in [0.1, 0.15) is 5.52 Å². The van der Waals surface area contributed by atoms with E-state index in [1.54, 1.807) is 0 Å². The smallest absolute Gasteiger partial charge is 0.184 e. The zero-order valence-corrected chi connectivity index (χ0v) is 14.9. The summed E-state index contributed by atoms with van der Waals surface area (Å²) >= 11 is 9.24. The normalized spacial score (nSPS) is 11.5. The Morgan fingerprint density at radius 2 is 2.00 bits per heavy atom. The maximum absolute atomic E-state index is 5.55. The number of fused-ring (bicyclic) bond motifs is 1. The van der Waals surface area contributed by atoms with E-state index in [0.29, 0.717) is 4.77 Å². The number of aryl methyl sites for hydroxylation is 4. The van der Waals surface area contributed by atoms with Crippen molar-refractivity contribution in [2.75, 3.05) is 0 Å². The Morgan fingerprint density at radius 1 is 1.29 bits per heavy atom. The number of aromatic amines is 1. The highest BCUT2D eigenvalue weighted by atomic mass is 79.9. The predicted octanol–water partition coefficient (Wildman–Crippen LogP) is 4.59. The van der Waals surface area contributed by atoms with Crippen LogP contribution >= 0.6 is 28.1 Å². The molecule has 0 aliphatic rings. The first-order valence-corrected chi connectivity index (χ1v) is 8.09. The highest BCUT2D eigenvalue weighted by molar-refractivity contribution is 9.10. The van der Waals surface area contributed by atoms with Gasteiger partial charge in [0, 0.05) is 11.0 Å². The van der Waals surface area contributed by atoms with Crippen LogP contribution in [0.1, 0.15) is 23.7 Å². The fourth-order valence-electron chi connectivity index (χ4n) is 2.82. The van der Waals surface area contributed by atoms with Gasteiger partial charge in [0.2, 0.25) is 0 Å². The molecule has 0 aliphatic carbocycles. The molecule has 3 rings (SSSR count). The molecule has 1 N–H and O–H groups in total. The van der Waals surface area contributed by atoms with Crippen LogP contribution in [0.15, 0.2) is 16.6 Å². The number of aromatic nitrogens is 4. The summed E-state index contributed by atoms with van der Waals surface area (Å²) in [5.41, 5.74) is 6.48. The Bertz CT molecular complexity index is 877. The predicted molar refractivity (Wildman–Crippen MR) is 91.8 cm³/mol. The first-order valence-electron chi connectivity index (χ1n) is 6.89. The number of hydrogen-bond donors (Lipinski definition) is 1. The minimum Gasteiger partial charge on any atom is -0.327 e. The molecule has 0 saturated heterocycles. The second kappa shape index (κ2) is 5.10. The van der Waals surface area contributed by atoms with E-state index in [4.69, 9.17) is 12.2 Å². The van der Waals surface area contributed by atoms with Gasteiger partial charge in [-0.1, -0.05) is 6.07 Å². The molecule has 0 atom stereocenters. The third-order valence-electron chi connectivity index (χ3n) is 3.67. The van der Waals surface area contributed by atoms with Crippen LogP contribution in [-0.2, 0) is 6.54 Å². The van der Waals surface area contributed by atoms with E-state index in [-0.39, 0.29) is 0 Å². The molecule has 6 heteroatoms. The molecule has 0 bridgehead atoms. The maximum atomic E-state index is 5.55. The van der Waals surface area contributed by atoms with Gasteiger partial charge in [-0.15, -0.1) is 0 Å².